The Hall–Kier alpha value is -7.53. The molecule has 6 amide bonds. The van der Waals surface area contributed by atoms with Crippen LogP contribution in [-0.4, -0.2) is 156 Å². The number of aromatic nitrogens is 4. The highest BCUT2D eigenvalue weighted by Gasteiger charge is 2.62. The number of fused-ring (bicyclic) bond motifs is 8. The van der Waals surface area contributed by atoms with Gasteiger partial charge in [0.25, 0.3) is 10.1 Å². The summed E-state index contributed by atoms with van der Waals surface area (Å²) < 4.78 is 73.6. The van der Waals surface area contributed by atoms with Crippen molar-refractivity contribution in [3.8, 4) is 0 Å². The van der Waals surface area contributed by atoms with Crippen molar-refractivity contribution in [3.05, 3.63) is 154 Å². The van der Waals surface area contributed by atoms with Gasteiger partial charge >= 0.3 is 6.18 Å². The van der Waals surface area contributed by atoms with Crippen LogP contribution >= 0.6 is 24.0 Å². The standard InChI is InChI=1S/C26H31F3N4O2.C22H26N4O2.C16H20N2O3.C11H16O3S.C4H10O.HI/c1-17(2)23(34)31-15-25(16-31)18-8-3-5-10-20(18)33(24(25)35)14-22-30-19-9-4-6-11-21(19)32(22)13-7-12-26(27,28)29;1-14(2)20(27)25-12-22(13-25)15-7-3-6-10-18(15)26(21(22)28)11-19-23-16-8-4-5-9-17(16)24-19;1-11(2)14(19)17-8-16(9-17)12-6-4-5-7-13(12)18(10-21-3)15(16)20;1-3-4-9-14-15(12,13)11-7-5-10(2)6-8-11;1-2-3-4-5;/h3,5,8,10,17H,4,6-7,9,11-16H2,1-2H3;3,6-7,10,14H,4-5,8-9,11-13H2,1-2H3,(H,23,24);4-7,11H,8-10H2,1-3H3;5-8H,3-4,9H2,1-2H3;5H,2-4H2,1H3;1H. The summed E-state index contributed by atoms with van der Waals surface area (Å²) in [4.78, 5) is 101. The van der Waals surface area contributed by atoms with Crippen molar-refractivity contribution in [3.63, 3.8) is 0 Å². The molecule has 3 saturated heterocycles. The molecule has 0 atom stereocenters. The molecule has 2 aliphatic carbocycles. The van der Waals surface area contributed by atoms with Crippen LogP contribution in [0.4, 0.5) is 30.2 Å². The molecule has 0 unspecified atom stereocenters. The Morgan fingerprint density at radius 1 is 0.590 bits per heavy atom. The van der Waals surface area contributed by atoms with E-state index in [4.69, 9.17) is 24.0 Å². The van der Waals surface area contributed by atoms with Crippen LogP contribution in [0.3, 0.4) is 0 Å². The number of hydrogen-bond acceptors (Lipinski definition) is 13. The van der Waals surface area contributed by atoms with Gasteiger partial charge in [0.15, 0.2) is 0 Å². The van der Waals surface area contributed by atoms with E-state index >= 15 is 0 Å². The number of H-pyrrole nitrogens is 1. The lowest BCUT2D eigenvalue weighted by Crippen LogP contribution is -2.66. The Morgan fingerprint density at radius 3 is 1.47 bits per heavy atom. The molecule has 570 valence electrons. The molecule has 4 aromatic carbocycles. The topological polar surface area (TPSA) is 241 Å². The van der Waals surface area contributed by atoms with Gasteiger partial charge in [-0.3, -0.25) is 37.9 Å². The van der Waals surface area contributed by atoms with Crippen LogP contribution < -0.4 is 14.7 Å². The van der Waals surface area contributed by atoms with E-state index in [0.29, 0.717) is 58.2 Å². The summed E-state index contributed by atoms with van der Waals surface area (Å²) in [5, 5.41) is 8.07. The zero-order chi connectivity index (χ0) is 75.1. The average Bonchev–Trinajstić information content (AvgIpc) is 1.58. The van der Waals surface area contributed by atoms with E-state index in [-0.39, 0.29) is 115 Å². The minimum Gasteiger partial charge on any atom is -0.396 e. The van der Waals surface area contributed by atoms with Gasteiger partial charge < -0.3 is 43.9 Å². The minimum atomic E-state index is -4.19. The van der Waals surface area contributed by atoms with E-state index in [1.807, 2.05) is 143 Å². The van der Waals surface area contributed by atoms with Crippen molar-refractivity contribution in [2.24, 2.45) is 17.8 Å². The predicted octanol–water partition coefficient (Wildman–Crippen LogP) is 12.2. The quantitative estimate of drug-likeness (QED) is 0.0436. The third-order valence-electron chi connectivity index (χ3n) is 20.9. The molecule has 0 saturated carbocycles. The first kappa shape index (κ1) is 81.5. The fraction of sp³-hybridized carbons (Fsp3) is 0.544. The number of benzene rings is 4. The smallest absolute Gasteiger partial charge is 0.389 e. The summed E-state index contributed by atoms with van der Waals surface area (Å²) in [6.45, 7) is 21.6. The van der Waals surface area contributed by atoms with Crippen LogP contribution in [0, 0.1) is 24.7 Å². The van der Waals surface area contributed by atoms with Crippen LogP contribution in [0.15, 0.2) is 102 Å². The number of aryl methyl sites for hydroxylation is 4. The largest absolute Gasteiger partial charge is 0.396 e. The van der Waals surface area contributed by atoms with Crippen LogP contribution in [-0.2, 0) is 109 Å². The third kappa shape index (κ3) is 17.2. The van der Waals surface area contributed by atoms with Crippen molar-refractivity contribution >= 4 is 86.6 Å². The molecule has 21 nitrogen and oxygen atoms in total. The van der Waals surface area contributed by atoms with Crippen LogP contribution in [0.1, 0.15) is 176 Å². The highest BCUT2D eigenvalue weighted by atomic mass is 127. The molecule has 14 rings (SSSR count). The van der Waals surface area contributed by atoms with Crippen LogP contribution in [0.5, 0.6) is 0 Å². The van der Waals surface area contributed by atoms with E-state index in [1.54, 1.807) is 51.0 Å². The number of nitrogens with one attached hydrogen (secondary N) is 1. The molecule has 8 aliphatic rings. The second-order valence-corrected chi connectivity index (χ2v) is 31.2. The lowest BCUT2D eigenvalue weighted by atomic mass is 9.74. The first-order valence-electron chi connectivity index (χ1n) is 37.0. The van der Waals surface area contributed by atoms with Gasteiger partial charge in [-0.05, 0) is 125 Å². The minimum absolute atomic E-state index is 0. The third-order valence-corrected chi connectivity index (χ3v) is 22.2. The SMILES string of the molecule is CC(C)C(=O)N1CC2(C1)C(=O)N(Cc1nc3c([nH]1)CCCC3)c1ccccc12.CC(C)C(=O)N1CC2(C1)C(=O)N(Cc1nc3c(n1CCCC(F)(F)F)CCCC3)c1ccccc12.CCCCO.CCCCOS(=O)(=O)c1ccc(C)cc1.COCN1C(=O)C2(CN(C(=O)C(C)C)C2)c2ccccc21.I. The Kier molecular flexibility index (Phi) is 26.9. The number of hydrogen-bond donors (Lipinski definition) is 2. The summed E-state index contributed by atoms with van der Waals surface area (Å²) in [5.41, 5.74) is 9.11. The van der Waals surface area contributed by atoms with E-state index < -0.39 is 39.0 Å². The second kappa shape index (κ2) is 34.6. The van der Waals surface area contributed by atoms with Gasteiger partial charge in [0.1, 0.15) is 34.6 Å². The number of methoxy groups -OCH3 is 1. The van der Waals surface area contributed by atoms with Crippen molar-refractivity contribution in [1.29, 1.82) is 0 Å². The Labute approximate surface area is 633 Å². The summed E-state index contributed by atoms with van der Waals surface area (Å²) in [6, 6.07) is 30.1. The number of anilines is 3. The highest BCUT2D eigenvalue weighted by molar-refractivity contribution is 14.0. The molecule has 3 fully saturated rings. The first-order chi connectivity index (χ1) is 49.6. The van der Waals surface area contributed by atoms with E-state index in [1.165, 1.54) is 18.5 Å². The molecular weight excluding hydrogens is 1480 g/mol. The maximum atomic E-state index is 13.8. The number of halogens is 4. The molecule has 105 heavy (non-hydrogen) atoms. The number of aliphatic hydroxyl groups excluding tert-OH is 1. The molecule has 8 heterocycles. The Morgan fingerprint density at radius 2 is 1.03 bits per heavy atom. The van der Waals surface area contributed by atoms with Crippen molar-refractivity contribution < 1.29 is 64.4 Å². The van der Waals surface area contributed by atoms with Gasteiger partial charge in [-0.2, -0.15) is 21.6 Å². The first-order valence-corrected chi connectivity index (χ1v) is 38.4. The number of aliphatic hydroxyl groups is 1. The lowest BCUT2D eigenvalue weighted by Gasteiger charge is -2.47. The summed E-state index contributed by atoms with van der Waals surface area (Å²) >= 11 is 0. The predicted molar refractivity (Wildman–Crippen MR) is 406 cm³/mol. The number of imidazole rings is 2. The number of likely N-dealkylation sites (tertiary alicyclic amines) is 3. The summed E-state index contributed by atoms with van der Waals surface area (Å²) in [6.07, 6.45) is 6.74. The number of ether oxygens (including phenoxy) is 1. The van der Waals surface area contributed by atoms with Gasteiger partial charge in [0.05, 0.1) is 41.7 Å². The monoisotopic (exact) mass is 1580 g/mol. The van der Waals surface area contributed by atoms with Crippen molar-refractivity contribution in [1.82, 2.24) is 34.2 Å². The molecule has 6 aromatic rings. The second-order valence-electron chi connectivity index (χ2n) is 29.6. The molecule has 0 bridgehead atoms. The number of nitrogens with zero attached hydrogens (tertiary/aromatic N) is 9. The number of unbranched alkanes of at least 4 members (excludes halogenated alkanes) is 2. The van der Waals surface area contributed by atoms with Gasteiger partial charge in [-0.1, -0.05) is 141 Å². The number of carbonyl (C=O) groups excluding carboxylic acids is 6. The summed E-state index contributed by atoms with van der Waals surface area (Å²) in [5.74, 6) is 1.62. The van der Waals surface area contributed by atoms with Gasteiger partial charge in [0, 0.05) is 106 Å². The average molecular weight is 1590 g/mol. The normalized spacial score (nSPS) is 17.4. The number of aromatic amines is 1. The number of rotatable bonds is 19. The maximum Gasteiger partial charge on any atom is 0.389 e. The van der Waals surface area contributed by atoms with Crippen molar-refractivity contribution in [2.45, 2.75) is 199 Å². The molecule has 2 N–H and O–H groups in total. The van der Waals surface area contributed by atoms with Gasteiger partial charge in [-0.15, -0.1) is 24.0 Å². The maximum absolute atomic E-state index is 13.8. The molecule has 26 heteroatoms. The molecular formula is C79H104F3IN10O11S. The van der Waals surface area contributed by atoms with Crippen LogP contribution in [0.2, 0.25) is 0 Å². The molecule has 3 spiro atoms. The lowest BCUT2D eigenvalue weighted by molar-refractivity contribution is -0.148. The fourth-order valence-electron chi connectivity index (χ4n) is 15.3. The number of para-hydroxylation sites is 3. The zero-order valence-electron chi connectivity index (χ0n) is 62.4. The summed E-state index contributed by atoms with van der Waals surface area (Å²) in [7, 11) is -1.97. The Balaban J connectivity index is 0.000000164. The van der Waals surface area contributed by atoms with E-state index in [2.05, 4.69) is 11.9 Å². The Bertz CT molecular complexity index is 4150. The molecule has 6 aliphatic heterocycles. The van der Waals surface area contributed by atoms with E-state index in [9.17, 15) is 50.4 Å². The molecule has 0 radical (unpaired) electrons. The highest BCUT2D eigenvalue weighted by Crippen LogP contribution is 2.51. The number of alkyl halides is 3. The fourth-order valence-corrected chi connectivity index (χ4v) is 16.2. The van der Waals surface area contributed by atoms with Crippen LogP contribution in [0.25, 0.3) is 0 Å². The van der Waals surface area contributed by atoms with Gasteiger partial charge in [-0.25, -0.2) is 9.97 Å². The van der Waals surface area contributed by atoms with Gasteiger partial charge in [0.2, 0.25) is 35.4 Å². The van der Waals surface area contributed by atoms with Crippen molar-refractivity contribution in [2.75, 3.05) is 81.0 Å². The van der Waals surface area contributed by atoms with E-state index in [0.717, 1.165) is 126 Å². The number of carbonyl (C=O) groups is 6. The number of amides is 6. The zero-order valence-corrected chi connectivity index (χ0v) is 65.5. The molecule has 2 aromatic heterocycles.